The number of aromatic nitrogens is 2. The van der Waals surface area contributed by atoms with Gasteiger partial charge in [-0.3, -0.25) is 14.6 Å². The number of carbonyl (C=O) groups excluding carboxylic acids is 2. The highest BCUT2D eigenvalue weighted by molar-refractivity contribution is 6.29. The van der Waals surface area contributed by atoms with Crippen molar-refractivity contribution < 1.29 is 9.59 Å². The van der Waals surface area contributed by atoms with Crippen molar-refractivity contribution in [1.29, 1.82) is 0 Å². The van der Waals surface area contributed by atoms with Gasteiger partial charge in [-0.05, 0) is 49.4 Å². The standard InChI is InChI=1S/C22H27ClN4O2/c1-26(14-10-19-6-2-3-11-24-19)21(28)8-7-17-5-4-13-27(16-17)22(29)18-9-12-25-20(23)15-18/h2-3,6,9,11-12,15,17H,4-5,7-8,10,13-14,16H2,1H3. The summed E-state index contributed by atoms with van der Waals surface area (Å²) in [6.07, 6.45) is 7.39. The summed E-state index contributed by atoms with van der Waals surface area (Å²) in [4.78, 5) is 37.1. The SMILES string of the molecule is CN(CCc1ccccn1)C(=O)CCC1CCCN(C(=O)c2ccnc(Cl)c2)C1. The molecule has 0 aliphatic carbocycles. The maximum Gasteiger partial charge on any atom is 0.254 e. The van der Waals surface area contributed by atoms with E-state index < -0.39 is 0 Å². The number of hydrogen-bond donors (Lipinski definition) is 0. The van der Waals surface area contributed by atoms with E-state index in [0.29, 0.717) is 36.1 Å². The molecule has 3 rings (SSSR count). The molecule has 0 aromatic carbocycles. The molecule has 2 amide bonds. The Bertz CT molecular complexity index is 831. The molecule has 0 N–H and O–H groups in total. The van der Waals surface area contributed by atoms with Gasteiger partial charge < -0.3 is 9.80 Å². The Balaban J connectivity index is 1.45. The van der Waals surface area contributed by atoms with Crippen LogP contribution in [0, 0.1) is 5.92 Å². The number of pyridine rings is 2. The molecule has 2 aromatic heterocycles. The largest absolute Gasteiger partial charge is 0.345 e. The fourth-order valence-corrected chi connectivity index (χ4v) is 3.85. The molecule has 1 unspecified atom stereocenters. The molecule has 0 radical (unpaired) electrons. The van der Waals surface area contributed by atoms with Gasteiger partial charge in [-0.1, -0.05) is 17.7 Å². The second kappa shape index (κ2) is 10.3. The number of nitrogens with zero attached hydrogens (tertiary/aromatic N) is 4. The van der Waals surface area contributed by atoms with Gasteiger partial charge in [0.15, 0.2) is 0 Å². The van der Waals surface area contributed by atoms with Gasteiger partial charge in [0.1, 0.15) is 5.15 Å². The average Bonchev–Trinajstić information content (AvgIpc) is 2.76. The molecule has 7 heteroatoms. The van der Waals surface area contributed by atoms with E-state index in [2.05, 4.69) is 9.97 Å². The molecule has 1 aliphatic heterocycles. The minimum Gasteiger partial charge on any atom is -0.345 e. The van der Waals surface area contributed by atoms with Crippen molar-refractivity contribution in [3.8, 4) is 0 Å². The van der Waals surface area contributed by atoms with Gasteiger partial charge >= 0.3 is 0 Å². The lowest BCUT2D eigenvalue weighted by Gasteiger charge is -2.33. The van der Waals surface area contributed by atoms with Gasteiger partial charge in [-0.25, -0.2) is 4.98 Å². The lowest BCUT2D eigenvalue weighted by Crippen LogP contribution is -2.40. The average molecular weight is 415 g/mol. The van der Waals surface area contributed by atoms with Crippen LogP contribution in [0.25, 0.3) is 0 Å². The number of piperidine rings is 1. The molecular weight excluding hydrogens is 388 g/mol. The number of halogens is 1. The number of hydrogen-bond acceptors (Lipinski definition) is 4. The van der Waals surface area contributed by atoms with Crippen LogP contribution in [-0.4, -0.2) is 58.3 Å². The lowest BCUT2D eigenvalue weighted by atomic mass is 9.92. The number of likely N-dealkylation sites (tertiary alicyclic amines) is 1. The van der Waals surface area contributed by atoms with Crippen LogP contribution in [-0.2, 0) is 11.2 Å². The smallest absolute Gasteiger partial charge is 0.254 e. The third kappa shape index (κ3) is 6.26. The summed E-state index contributed by atoms with van der Waals surface area (Å²) >= 11 is 5.91. The van der Waals surface area contributed by atoms with Crippen LogP contribution < -0.4 is 0 Å². The first-order valence-corrected chi connectivity index (χ1v) is 10.5. The Morgan fingerprint density at radius 2 is 2.10 bits per heavy atom. The van der Waals surface area contributed by atoms with Gasteiger partial charge in [0.05, 0.1) is 0 Å². The first-order chi connectivity index (χ1) is 14.0. The van der Waals surface area contributed by atoms with Gasteiger partial charge in [-0.15, -0.1) is 0 Å². The Labute approximate surface area is 176 Å². The highest BCUT2D eigenvalue weighted by Crippen LogP contribution is 2.23. The van der Waals surface area contributed by atoms with Crippen LogP contribution in [0.1, 0.15) is 41.7 Å². The van der Waals surface area contributed by atoms with Crippen LogP contribution in [0.15, 0.2) is 42.7 Å². The van der Waals surface area contributed by atoms with Gasteiger partial charge in [0, 0.05) is 63.2 Å². The van der Waals surface area contributed by atoms with E-state index in [9.17, 15) is 9.59 Å². The van der Waals surface area contributed by atoms with Crippen molar-refractivity contribution in [3.05, 3.63) is 59.1 Å². The predicted octanol–water partition coefficient (Wildman–Crippen LogP) is 3.46. The Kier molecular flexibility index (Phi) is 7.58. The topological polar surface area (TPSA) is 66.4 Å². The Morgan fingerprint density at radius 3 is 2.86 bits per heavy atom. The zero-order chi connectivity index (χ0) is 20.6. The molecule has 154 valence electrons. The van der Waals surface area contributed by atoms with Gasteiger partial charge in [0.2, 0.25) is 5.91 Å². The predicted molar refractivity (Wildman–Crippen MR) is 113 cm³/mol. The third-order valence-electron chi connectivity index (χ3n) is 5.40. The summed E-state index contributed by atoms with van der Waals surface area (Å²) in [6, 6.07) is 9.12. The van der Waals surface area contributed by atoms with E-state index >= 15 is 0 Å². The summed E-state index contributed by atoms with van der Waals surface area (Å²) in [5.41, 5.74) is 1.56. The van der Waals surface area contributed by atoms with E-state index in [1.165, 1.54) is 0 Å². The van der Waals surface area contributed by atoms with Gasteiger partial charge in [-0.2, -0.15) is 0 Å². The van der Waals surface area contributed by atoms with Crippen molar-refractivity contribution in [2.75, 3.05) is 26.7 Å². The fraction of sp³-hybridized carbons (Fsp3) is 0.455. The molecule has 1 saturated heterocycles. The van der Waals surface area contributed by atoms with Crippen molar-refractivity contribution in [1.82, 2.24) is 19.8 Å². The van der Waals surface area contributed by atoms with Crippen molar-refractivity contribution in [2.24, 2.45) is 5.92 Å². The molecule has 2 aromatic rings. The summed E-state index contributed by atoms with van der Waals surface area (Å²) < 4.78 is 0. The van der Waals surface area contributed by atoms with Crippen LogP contribution in [0.4, 0.5) is 0 Å². The van der Waals surface area contributed by atoms with E-state index in [1.807, 2.05) is 30.1 Å². The summed E-state index contributed by atoms with van der Waals surface area (Å²) in [5, 5.41) is 0.323. The number of amides is 2. The zero-order valence-corrected chi connectivity index (χ0v) is 17.5. The van der Waals surface area contributed by atoms with Crippen LogP contribution in [0.5, 0.6) is 0 Å². The molecule has 29 heavy (non-hydrogen) atoms. The van der Waals surface area contributed by atoms with E-state index in [-0.39, 0.29) is 11.8 Å². The first-order valence-electron chi connectivity index (χ1n) is 10.1. The second-order valence-electron chi connectivity index (χ2n) is 7.55. The van der Waals surface area contributed by atoms with Crippen LogP contribution in [0.2, 0.25) is 5.15 Å². The molecule has 1 atom stereocenters. The summed E-state index contributed by atoms with van der Waals surface area (Å²) in [7, 11) is 1.84. The number of likely N-dealkylation sites (N-methyl/N-ethyl adjacent to an activating group) is 1. The molecule has 1 aliphatic rings. The maximum atomic E-state index is 12.7. The third-order valence-corrected chi connectivity index (χ3v) is 5.61. The first kappa shape index (κ1) is 21.2. The zero-order valence-electron chi connectivity index (χ0n) is 16.8. The summed E-state index contributed by atoms with van der Waals surface area (Å²) in [6.45, 7) is 2.09. The van der Waals surface area contributed by atoms with Crippen molar-refractivity contribution >= 4 is 23.4 Å². The quantitative estimate of drug-likeness (QED) is 0.650. The molecule has 1 fully saturated rings. The molecule has 6 nitrogen and oxygen atoms in total. The van der Waals surface area contributed by atoms with Gasteiger partial charge in [0.25, 0.3) is 5.91 Å². The summed E-state index contributed by atoms with van der Waals surface area (Å²) in [5.74, 6) is 0.473. The normalized spacial score (nSPS) is 16.5. The second-order valence-corrected chi connectivity index (χ2v) is 7.94. The Morgan fingerprint density at radius 1 is 1.24 bits per heavy atom. The molecular formula is C22H27ClN4O2. The van der Waals surface area contributed by atoms with E-state index in [1.54, 1.807) is 29.4 Å². The highest BCUT2D eigenvalue weighted by atomic mass is 35.5. The highest BCUT2D eigenvalue weighted by Gasteiger charge is 2.25. The molecule has 0 bridgehead atoms. The lowest BCUT2D eigenvalue weighted by molar-refractivity contribution is -0.130. The van der Waals surface area contributed by atoms with E-state index in [4.69, 9.17) is 11.6 Å². The molecule has 0 saturated carbocycles. The molecule has 0 spiro atoms. The number of rotatable bonds is 7. The maximum absolute atomic E-state index is 12.7. The Hall–Kier alpha value is -2.47. The van der Waals surface area contributed by atoms with Crippen molar-refractivity contribution in [3.63, 3.8) is 0 Å². The number of carbonyl (C=O) groups is 2. The fourth-order valence-electron chi connectivity index (χ4n) is 3.67. The minimum absolute atomic E-state index is 0.0159. The van der Waals surface area contributed by atoms with Crippen LogP contribution in [0.3, 0.4) is 0 Å². The minimum atomic E-state index is -0.0159. The monoisotopic (exact) mass is 414 g/mol. The molecule has 3 heterocycles. The van der Waals surface area contributed by atoms with E-state index in [0.717, 1.165) is 37.9 Å². The van der Waals surface area contributed by atoms with Crippen LogP contribution >= 0.6 is 11.6 Å². The van der Waals surface area contributed by atoms with Crippen molar-refractivity contribution in [2.45, 2.75) is 32.1 Å².